The van der Waals surface area contributed by atoms with Crippen molar-refractivity contribution in [1.29, 1.82) is 0 Å². The molecule has 0 aromatic heterocycles. The Labute approximate surface area is 189 Å². The van der Waals surface area contributed by atoms with E-state index >= 15 is 0 Å². The first-order chi connectivity index (χ1) is 15.4. The van der Waals surface area contributed by atoms with Crippen LogP contribution in [0.4, 0.5) is 9.18 Å². The van der Waals surface area contributed by atoms with Crippen molar-refractivity contribution < 1.29 is 18.8 Å². The SMILES string of the molecule is CC[C@@H](C)[C@H](NC(=O)NCc1ccccc1)C(=O)N[C@@H](CCc1ccccc1)C(=O)CF. The first kappa shape index (κ1) is 25.0. The lowest BCUT2D eigenvalue weighted by molar-refractivity contribution is -0.130. The van der Waals surface area contributed by atoms with E-state index in [1.165, 1.54) is 0 Å². The zero-order valence-corrected chi connectivity index (χ0v) is 18.6. The molecule has 0 fully saturated rings. The quantitative estimate of drug-likeness (QED) is 0.471. The Balaban J connectivity index is 1.99. The highest BCUT2D eigenvalue weighted by Gasteiger charge is 2.29. The zero-order chi connectivity index (χ0) is 23.3. The summed E-state index contributed by atoms with van der Waals surface area (Å²) in [5.41, 5.74) is 1.93. The van der Waals surface area contributed by atoms with E-state index in [4.69, 9.17) is 0 Å². The molecule has 172 valence electrons. The summed E-state index contributed by atoms with van der Waals surface area (Å²) in [5.74, 6) is -1.34. The van der Waals surface area contributed by atoms with Crippen molar-refractivity contribution in [2.24, 2.45) is 5.92 Å². The van der Waals surface area contributed by atoms with Crippen LogP contribution >= 0.6 is 0 Å². The summed E-state index contributed by atoms with van der Waals surface area (Å²) in [6.07, 6.45) is 1.45. The molecule has 2 aromatic carbocycles. The number of ketones is 1. The minimum Gasteiger partial charge on any atom is -0.344 e. The Morgan fingerprint density at radius 1 is 0.906 bits per heavy atom. The first-order valence-corrected chi connectivity index (χ1v) is 11.0. The van der Waals surface area contributed by atoms with E-state index in [1.807, 2.05) is 74.5 Å². The number of hydrogen-bond acceptors (Lipinski definition) is 3. The predicted molar refractivity (Wildman–Crippen MR) is 123 cm³/mol. The molecule has 0 heterocycles. The number of rotatable bonds is 12. The summed E-state index contributed by atoms with van der Waals surface area (Å²) in [6, 6.07) is 16.6. The Hall–Kier alpha value is -3.22. The summed E-state index contributed by atoms with van der Waals surface area (Å²) < 4.78 is 13.1. The zero-order valence-electron chi connectivity index (χ0n) is 18.6. The van der Waals surface area contributed by atoms with Crippen LogP contribution in [-0.2, 0) is 22.6 Å². The van der Waals surface area contributed by atoms with E-state index in [9.17, 15) is 18.8 Å². The number of halogens is 1. The highest BCUT2D eigenvalue weighted by molar-refractivity contribution is 5.93. The molecule has 0 aliphatic rings. The second-order valence-corrected chi connectivity index (χ2v) is 7.86. The van der Waals surface area contributed by atoms with Gasteiger partial charge in [-0.1, -0.05) is 80.9 Å². The molecule has 0 spiro atoms. The molecule has 32 heavy (non-hydrogen) atoms. The summed E-state index contributed by atoms with van der Waals surface area (Å²) in [4.78, 5) is 37.5. The van der Waals surface area contributed by atoms with Crippen LogP contribution in [0.5, 0.6) is 0 Å². The lowest BCUT2D eigenvalue weighted by Gasteiger charge is -2.26. The number of carbonyl (C=O) groups is 3. The molecule has 3 N–H and O–H groups in total. The Bertz CT molecular complexity index is 861. The second-order valence-electron chi connectivity index (χ2n) is 7.86. The van der Waals surface area contributed by atoms with Gasteiger partial charge in [-0.25, -0.2) is 9.18 Å². The molecule has 0 bridgehead atoms. The van der Waals surface area contributed by atoms with Crippen LogP contribution in [0.2, 0.25) is 0 Å². The lowest BCUT2D eigenvalue weighted by atomic mass is 9.97. The van der Waals surface area contributed by atoms with Gasteiger partial charge in [-0.3, -0.25) is 9.59 Å². The van der Waals surface area contributed by atoms with Crippen molar-refractivity contribution in [3.63, 3.8) is 0 Å². The minimum absolute atomic E-state index is 0.173. The van der Waals surface area contributed by atoms with Crippen molar-refractivity contribution in [1.82, 2.24) is 16.0 Å². The molecule has 0 aliphatic heterocycles. The number of amides is 3. The van der Waals surface area contributed by atoms with Crippen LogP contribution in [0.1, 0.15) is 37.8 Å². The predicted octanol–water partition coefficient (Wildman–Crippen LogP) is 3.56. The molecule has 7 heteroatoms. The van der Waals surface area contributed by atoms with Gasteiger partial charge in [0.15, 0.2) is 5.78 Å². The van der Waals surface area contributed by atoms with Crippen LogP contribution in [0, 0.1) is 5.92 Å². The van der Waals surface area contributed by atoms with Gasteiger partial charge in [0.05, 0.1) is 6.04 Å². The second kappa shape index (κ2) is 13.2. The normalized spacial score (nSPS) is 13.5. The van der Waals surface area contributed by atoms with Crippen LogP contribution < -0.4 is 16.0 Å². The molecule has 2 rings (SSSR count). The highest BCUT2D eigenvalue weighted by Crippen LogP contribution is 2.11. The van der Waals surface area contributed by atoms with E-state index < -0.39 is 36.5 Å². The van der Waals surface area contributed by atoms with Gasteiger partial charge in [0.2, 0.25) is 5.91 Å². The standard InChI is InChI=1S/C25H32FN3O3/c1-3-18(2)23(29-25(32)27-17-20-12-8-5-9-13-20)24(31)28-21(22(30)16-26)15-14-19-10-6-4-7-11-19/h4-13,18,21,23H,3,14-17H2,1-2H3,(H,28,31)(H2,27,29,32)/t18-,21+,23+/m1/s1. The molecule has 6 nitrogen and oxygen atoms in total. The van der Waals surface area contributed by atoms with Gasteiger partial charge in [0.25, 0.3) is 0 Å². The van der Waals surface area contributed by atoms with Gasteiger partial charge in [-0.2, -0.15) is 0 Å². The topological polar surface area (TPSA) is 87.3 Å². The number of alkyl halides is 1. The van der Waals surface area contributed by atoms with Gasteiger partial charge in [-0.15, -0.1) is 0 Å². The molecular weight excluding hydrogens is 409 g/mol. The van der Waals surface area contributed by atoms with E-state index in [1.54, 1.807) is 0 Å². The average molecular weight is 442 g/mol. The van der Waals surface area contributed by atoms with Gasteiger partial charge in [0, 0.05) is 6.54 Å². The summed E-state index contributed by atoms with van der Waals surface area (Å²) >= 11 is 0. The molecule has 0 saturated carbocycles. The van der Waals surface area contributed by atoms with Crippen molar-refractivity contribution in [3.05, 3.63) is 71.8 Å². The van der Waals surface area contributed by atoms with Crippen molar-refractivity contribution in [2.75, 3.05) is 6.67 Å². The minimum atomic E-state index is -1.15. The summed E-state index contributed by atoms with van der Waals surface area (Å²) in [5, 5.41) is 8.11. The number of benzene rings is 2. The van der Waals surface area contributed by atoms with Crippen LogP contribution in [0.25, 0.3) is 0 Å². The molecule has 3 amide bonds. The van der Waals surface area contributed by atoms with Gasteiger partial charge < -0.3 is 16.0 Å². The van der Waals surface area contributed by atoms with Crippen molar-refractivity contribution in [3.8, 4) is 0 Å². The number of urea groups is 1. The van der Waals surface area contributed by atoms with Gasteiger partial charge >= 0.3 is 6.03 Å². The van der Waals surface area contributed by atoms with Crippen LogP contribution in [-0.4, -0.2) is 36.5 Å². The summed E-state index contributed by atoms with van der Waals surface area (Å²) in [7, 11) is 0. The monoisotopic (exact) mass is 441 g/mol. The highest BCUT2D eigenvalue weighted by atomic mass is 19.1. The molecule has 0 unspecified atom stereocenters. The number of aryl methyl sites for hydroxylation is 1. The molecule has 0 radical (unpaired) electrons. The number of Topliss-reactive ketones (excluding diaryl/α,β-unsaturated/α-hetero) is 1. The van der Waals surface area contributed by atoms with E-state index in [0.29, 0.717) is 19.4 Å². The maximum absolute atomic E-state index is 13.1. The fourth-order valence-corrected chi connectivity index (χ4v) is 3.30. The molecule has 3 atom stereocenters. The maximum Gasteiger partial charge on any atom is 0.315 e. The third kappa shape index (κ3) is 8.13. The summed E-state index contributed by atoms with van der Waals surface area (Å²) in [6.45, 7) is 2.92. The van der Waals surface area contributed by atoms with Crippen molar-refractivity contribution >= 4 is 17.7 Å². The van der Waals surface area contributed by atoms with Crippen LogP contribution in [0.15, 0.2) is 60.7 Å². The van der Waals surface area contributed by atoms with Crippen molar-refractivity contribution in [2.45, 2.75) is 51.7 Å². The Morgan fingerprint density at radius 3 is 2.06 bits per heavy atom. The molecule has 2 aromatic rings. The molecule has 0 aliphatic carbocycles. The number of hydrogen-bond donors (Lipinski definition) is 3. The fraction of sp³-hybridized carbons (Fsp3) is 0.400. The average Bonchev–Trinajstić information content (AvgIpc) is 2.83. The number of nitrogens with one attached hydrogen (secondary N) is 3. The van der Waals surface area contributed by atoms with E-state index in [0.717, 1.165) is 11.1 Å². The van der Waals surface area contributed by atoms with E-state index in [-0.39, 0.29) is 12.3 Å². The largest absolute Gasteiger partial charge is 0.344 e. The third-order valence-electron chi connectivity index (χ3n) is 5.48. The molecular formula is C25H32FN3O3. The third-order valence-corrected chi connectivity index (χ3v) is 5.48. The maximum atomic E-state index is 13.1. The van der Waals surface area contributed by atoms with Gasteiger partial charge in [-0.05, 0) is 29.9 Å². The molecule has 0 saturated heterocycles. The Kier molecular flexibility index (Phi) is 10.4. The lowest BCUT2D eigenvalue weighted by Crippen LogP contribution is -2.56. The Morgan fingerprint density at radius 2 is 1.50 bits per heavy atom. The number of carbonyl (C=O) groups excluding carboxylic acids is 3. The van der Waals surface area contributed by atoms with E-state index in [2.05, 4.69) is 16.0 Å². The van der Waals surface area contributed by atoms with Crippen LogP contribution in [0.3, 0.4) is 0 Å². The first-order valence-electron chi connectivity index (χ1n) is 11.0. The smallest absolute Gasteiger partial charge is 0.315 e. The fourth-order valence-electron chi connectivity index (χ4n) is 3.30. The van der Waals surface area contributed by atoms with Gasteiger partial charge in [0.1, 0.15) is 12.7 Å².